The number of rotatable bonds is 3. The Bertz CT molecular complexity index is 335. The summed E-state index contributed by atoms with van der Waals surface area (Å²) in [5, 5.41) is 4.03. The second-order valence-corrected chi connectivity index (χ2v) is 4.26. The number of nitrogens with two attached hydrogens (primary N) is 1. The molecule has 0 radical (unpaired) electrons. The van der Waals surface area contributed by atoms with Crippen molar-refractivity contribution in [3.63, 3.8) is 0 Å². The second kappa shape index (κ2) is 7.00. The standard InChI is InChI=1S/C9H16N4S.HI/c1-4-11-9(10)12-5-8-6(2)13-7(3)14-8;/h4-5H2,1-3H3,(H3,10,11,12);1H. The highest BCUT2D eigenvalue weighted by Crippen LogP contribution is 2.17. The van der Waals surface area contributed by atoms with Crippen LogP contribution in [0.1, 0.15) is 22.5 Å². The van der Waals surface area contributed by atoms with Crippen LogP contribution in [0.15, 0.2) is 4.99 Å². The normalized spacial score (nSPS) is 11.0. The molecule has 6 heteroatoms. The van der Waals surface area contributed by atoms with Crippen LogP contribution in [0.2, 0.25) is 0 Å². The first-order chi connectivity index (χ1) is 6.63. The van der Waals surface area contributed by atoms with Gasteiger partial charge in [0.05, 0.1) is 17.2 Å². The number of hydrogen-bond acceptors (Lipinski definition) is 3. The molecular formula is C9H17IN4S. The smallest absolute Gasteiger partial charge is 0.188 e. The van der Waals surface area contributed by atoms with Gasteiger partial charge in [-0.05, 0) is 20.8 Å². The van der Waals surface area contributed by atoms with Crippen LogP contribution in [0.4, 0.5) is 0 Å². The van der Waals surface area contributed by atoms with Gasteiger partial charge < -0.3 is 11.1 Å². The van der Waals surface area contributed by atoms with Crippen molar-refractivity contribution >= 4 is 41.3 Å². The summed E-state index contributed by atoms with van der Waals surface area (Å²) in [5.74, 6) is 0.498. The molecule has 1 heterocycles. The molecule has 0 unspecified atom stereocenters. The highest BCUT2D eigenvalue weighted by molar-refractivity contribution is 14.0. The number of nitrogens with one attached hydrogen (secondary N) is 1. The third-order valence-corrected chi connectivity index (χ3v) is 2.81. The maximum atomic E-state index is 5.61. The predicted molar refractivity (Wildman–Crippen MR) is 76.0 cm³/mol. The van der Waals surface area contributed by atoms with E-state index >= 15 is 0 Å². The summed E-state index contributed by atoms with van der Waals surface area (Å²) in [6.45, 7) is 7.41. The Balaban J connectivity index is 0.00000196. The van der Waals surface area contributed by atoms with Crippen LogP contribution in [-0.4, -0.2) is 17.5 Å². The van der Waals surface area contributed by atoms with Gasteiger partial charge in [0.15, 0.2) is 5.96 Å². The van der Waals surface area contributed by atoms with Crippen molar-refractivity contribution in [2.24, 2.45) is 10.7 Å². The molecular weight excluding hydrogens is 323 g/mol. The van der Waals surface area contributed by atoms with E-state index in [1.54, 1.807) is 11.3 Å². The van der Waals surface area contributed by atoms with Crippen LogP contribution in [0.3, 0.4) is 0 Å². The van der Waals surface area contributed by atoms with Crippen molar-refractivity contribution in [2.75, 3.05) is 6.54 Å². The Hall–Kier alpha value is -0.370. The number of aliphatic imine (C=N–C) groups is 1. The summed E-state index contributed by atoms with van der Waals surface area (Å²) in [5.41, 5.74) is 6.67. The number of hydrogen-bond donors (Lipinski definition) is 2. The van der Waals surface area contributed by atoms with Gasteiger partial charge in [-0.3, -0.25) is 0 Å². The van der Waals surface area contributed by atoms with E-state index in [4.69, 9.17) is 5.73 Å². The SMILES string of the molecule is CCNC(N)=NCc1sc(C)nc1C.I. The molecule has 1 aromatic heterocycles. The molecule has 86 valence electrons. The van der Waals surface area contributed by atoms with Gasteiger partial charge in [0.1, 0.15) is 0 Å². The zero-order valence-electron chi connectivity index (χ0n) is 9.20. The van der Waals surface area contributed by atoms with Crippen molar-refractivity contribution in [1.29, 1.82) is 0 Å². The summed E-state index contributed by atoms with van der Waals surface area (Å²) < 4.78 is 0. The molecule has 0 fully saturated rings. The van der Waals surface area contributed by atoms with Gasteiger partial charge in [-0.15, -0.1) is 35.3 Å². The third kappa shape index (κ3) is 4.78. The molecule has 4 nitrogen and oxygen atoms in total. The Morgan fingerprint density at radius 2 is 2.20 bits per heavy atom. The zero-order valence-corrected chi connectivity index (χ0v) is 12.3. The first kappa shape index (κ1) is 14.6. The maximum absolute atomic E-state index is 5.61. The van der Waals surface area contributed by atoms with Gasteiger partial charge in [-0.1, -0.05) is 0 Å². The fraction of sp³-hybridized carbons (Fsp3) is 0.556. The van der Waals surface area contributed by atoms with E-state index in [0.29, 0.717) is 12.5 Å². The monoisotopic (exact) mass is 340 g/mol. The molecule has 0 spiro atoms. The van der Waals surface area contributed by atoms with E-state index in [1.165, 1.54) is 4.88 Å². The lowest BCUT2D eigenvalue weighted by molar-refractivity contribution is 0.926. The van der Waals surface area contributed by atoms with Gasteiger partial charge in [0.2, 0.25) is 0 Å². The van der Waals surface area contributed by atoms with E-state index in [9.17, 15) is 0 Å². The molecule has 3 N–H and O–H groups in total. The second-order valence-electron chi connectivity index (χ2n) is 2.97. The molecule has 15 heavy (non-hydrogen) atoms. The summed E-state index contributed by atoms with van der Waals surface area (Å²) >= 11 is 1.67. The van der Waals surface area contributed by atoms with Gasteiger partial charge in [0.25, 0.3) is 0 Å². The molecule has 1 rings (SSSR count). The molecule has 0 saturated heterocycles. The molecule has 0 saturated carbocycles. The van der Waals surface area contributed by atoms with E-state index in [0.717, 1.165) is 17.2 Å². The zero-order chi connectivity index (χ0) is 10.6. The van der Waals surface area contributed by atoms with Gasteiger partial charge in [-0.2, -0.15) is 0 Å². The van der Waals surface area contributed by atoms with Gasteiger partial charge >= 0.3 is 0 Å². The minimum absolute atomic E-state index is 0. The van der Waals surface area contributed by atoms with Crippen molar-refractivity contribution in [1.82, 2.24) is 10.3 Å². The number of thiazole rings is 1. The van der Waals surface area contributed by atoms with Crippen LogP contribution >= 0.6 is 35.3 Å². The summed E-state index contributed by atoms with van der Waals surface area (Å²) in [4.78, 5) is 9.72. The Morgan fingerprint density at radius 1 is 1.53 bits per heavy atom. The molecule has 0 aromatic carbocycles. The molecule has 0 amide bonds. The Morgan fingerprint density at radius 3 is 2.67 bits per heavy atom. The number of aromatic nitrogens is 1. The third-order valence-electron chi connectivity index (χ3n) is 1.75. The van der Waals surface area contributed by atoms with E-state index < -0.39 is 0 Å². The first-order valence-electron chi connectivity index (χ1n) is 4.60. The lowest BCUT2D eigenvalue weighted by atomic mass is 10.4. The Kier molecular flexibility index (Phi) is 6.82. The lowest BCUT2D eigenvalue weighted by Crippen LogP contribution is -2.31. The maximum Gasteiger partial charge on any atom is 0.188 e. The molecule has 1 aromatic rings. The molecule has 0 bridgehead atoms. The van der Waals surface area contributed by atoms with Crippen LogP contribution in [0.5, 0.6) is 0 Å². The van der Waals surface area contributed by atoms with Crippen molar-refractivity contribution < 1.29 is 0 Å². The summed E-state index contributed by atoms with van der Waals surface area (Å²) in [7, 11) is 0. The minimum Gasteiger partial charge on any atom is -0.370 e. The van der Waals surface area contributed by atoms with Crippen molar-refractivity contribution in [3.05, 3.63) is 15.6 Å². The fourth-order valence-corrected chi connectivity index (χ4v) is 1.98. The highest BCUT2D eigenvalue weighted by Gasteiger charge is 2.03. The van der Waals surface area contributed by atoms with Crippen molar-refractivity contribution in [2.45, 2.75) is 27.3 Å². The average Bonchev–Trinajstić information content (AvgIpc) is 2.42. The van der Waals surface area contributed by atoms with E-state index in [1.807, 2.05) is 20.8 Å². The molecule has 0 aliphatic heterocycles. The lowest BCUT2D eigenvalue weighted by Gasteiger charge is -2.00. The van der Waals surface area contributed by atoms with Crippen LogP contribution in [-0.2, 0) is 6.54 Å². The summed E-state index contributed by atoms with van der Waals surface area (Å²) in [6, 6.07) is 0. The summed E-state index contributed by atoms with van der Waals surface area (Å²) in [6.07, 6.45) is 0. The largest absolute Gasteiger partial charge is 0.370 e. The fourth-order valence-electron chi connectivity index (χ4n) is 1.11. The molecule has 0 atom stereocenters. The highest BCUT2D eigenvalue weighted by atomic mass is 127. The molecule has 0 aliphatic rings. The molecule has 0 aliphatic carbocycles. The van der Waals surface area contributed by atoms with Crippen molar-refractivity contribution in [3.8, 4) is 0 Å². The number of nitrogens with zero attached hydrogens (tertiary/aromatic N) is 2. The minimum atomic E-state index is 0. The average molecular weight is 340 g/mol. The van der Waals surface area contributed by atoms with Gasteiger partial charge in [-0.25, -0.2) is 9.98 Å². The first-order valence-corrected chi connectivity index (χ1v) is 5.41. The topological polar surface area (TPSA) is 63.3 Å². The van der Waals surface area contributed by atoms with Crippen LogP contribution in [0.25, 0.3) is 0 Å². The Labute approximate surface area is 111 Å². The predicted octanol–water partition coefficient (Wildman–Crippen LogP) is 1.80. The van der Waals surface area contributed by atoms with E-state index in [-0.39, 0.29) is 24.0 Å². The van der Waals surface area contributed by atoms with E-state index in [2.05, 4.69) is 15.3 Å². The van der Waals surface area contributed by atoms with Crippen LogP contribution in [0, 0.1) is 13.8 Å². The number of aryl methyl sites for hydroxylation is 2. The number of guanidine groups is 1. The number of halogens is 1. The van der Waals surface area contributed by atoms with Crippen LogP contribution < -0.4 is 11.1 Å². The van der Waals surface area contributed by atoms with Gasteiger partial charge in [0, 0.05) is 11.4 Å². The quantitative estimate of drug-likeness (QED) is 0.501.